The van der Waals surface area contributed by atoms with Crippen LogP contribution in [-0.2, 0) is 5.41 Å². The topological polar surface area (TPSA) is 37.3 Å². The van der Waals surface area contributed by atoms with Gasteiger partial charge in [-0.05, 0) is 52.6 Å². The Morgan fingerprint density at radius 3 is 2.33 bits per heavy atom. The number of carbonyl (C=O) groups excluding carboxylic acids is 1. The van der Waals surface area contributed by atoms with Gasteiger partial charge in [0.25, 0.3) is 5.24 Å². The zero-order valence-electron chi connectivity index (χ0n) is 11.7. The molecule has 0 saturated carbocycles. The van der Waals surface area contributed by atoms with Crippen molar-refractivity contribution in [1.29, 1.82) is 0 Å². The lowest BCUT2D eigenvalue weighted by molar-refractivity contribution is 0.107. The molecular weight excluding hydrogens is 248 g/mol. The van der Waals surface area contributed by atoms with Gasteiger partial charge in [0, 0.05) is 5.56 Å². The summed E-state index contributed by atoms with van der Waals surface area (Å²) in [6, 6.07) is 3.29. The van der Waals surface area contributed by atoms with E-state index in [2.05, 4.69) is 0 Å². The second-order valence-electron chi connectivity index (χ2n) is 5.79. The average Bonchev–Trinajstić information content (AvgIpc) is 2.25. The number of rotatable bonds is 3. The van der Waals surface area contributed by atoms with Crippen molar-refractivity contribution >= 4 is 16.8 Å². The van der Waals surface area contributed by atoms with Crippen molar-refractivity contribution in [2.45, 2.75) is 52.4 Å². The number of phenolic OH excluding ortho intramolecular Hbond substituents is 1. The fourth-order valence-electron chi connectivity index (χ4n) is 2.07. The van der Waals surface area contributed by atoms with Crippen molar-refractivity contribution in [3.8, 4) is 5.75 Å². The number of halogens is 1. The Morgan fingerprint density at radius 1 is 1.39 bits per heavy atom. The molecule has 1 atom stereocenters. The minimum Gasteiger partial charge on any atom is -0.508 e. The second kappa shape index (κ2) is 5.31. The molecule has 1 N–H and O–H groups in total. The molecule has 0 saturated heterocycles. The van der Waals surface area contributed by atoms with Crippen molar-refractivity contribution in [1.82, 2.24) is 0 Å². The van der Waals surface area contributed by atoms with Crippen LogP contribution in [0.3, 0.4) is 0 Å². The third-order valence-electron chi connectivity index (χ3n) is 3.30. The van der Waals surface area contributed by atoms with Gasteiger partial charge in [-0.2, -0.15) is 0 Å². The van der Waals surface area contributed by atoms with Gasteiger partial charge in [0.05, 0.1) is 0 Å². The molecule has 0 bridgehead atoms. The number of phenols is 1. The highest BCUT2D eigenvalue weighted by atomic mass is 35.5. The van der Waals surface area contributed by atoms with E-state index in [4.69, 9.17) is 11.6 Å². The van der Waals surface area contributed by atoms with Crippen LogP contribution in [0.15, 0.2) is 12.1 Å². The van der Waals surface area contributed by atoms with E-state index in [0.717, 1.165) is 17.5 Å². The Hall–Kier alpha value is -1.02. The zero-order valence-corrected chi connectivity index (χ0v) is 12.4. The van der Waals surface area contributed by atoms with Crippen LogP contribution in [0, 0.1) is 0 Å². The van der Waals surface area contributed by atoms with Crippen LogP contribution >= 0.6 is 11.6 Å². The predicted octanol–water partition coefficient (Wildman–Crippen LogP) is 4.58. The van der Waals surface area contributed by atoms with Crippen molar-refractivity contribution in [2.75, 3.05) is 0 Å². The summed E-state index contributed by atoms with van der Waals surface area (Å²) in [5.74, 6) is 0.382. The van der Waals surface area contributed by atoms with E-state index in [-0.39, 0.29) is 17.1 Å². The van der Waals surface area contributed by atoms with Gasteiger partial charge in [-0.1, -0.05) is 34.6 Å². The van der Waals surface area contributed by atoms with Gasteiger partial charge < -0.3 is 5.11 Å². The van der Waals surface area contributed by atoms with Crippen LogP contribution in [0.5, 0.6) is 5.75 Å². The van der Waals surface area contributed by atoms with Crippen molar-refractivity contribution in [2.24, 2.45) is 0 Å². The van der Waals surface area contributed by atoms with Gasteiger partial charge in [-0.3, -0.25) is 4.79 Å². The number of benzene rings is 1. The Bertz CT molecular complexity index is 458. The zero-order chi connectivity index (χ0) is 14.1. The van der Waals surface area contributed by atoms with E-state index >= 15 is 0 Å². The van der Waals surface area contributed by atoms with Crippen molar-refractivity contribution in [3.63, 3.8) is 0 Å². The summed E-state index contributed by atoms with van der Waals surface area (Å²) >= 11 is 5.75. The van der Waals surface area contributed by atoms with Gasteiger partial charge in [0.2, 0.25) is 0 Å². The Balaban J connectivity index is 3.62. The first-order valence-electron chi connectivity index (χ1n) is 6.25. The van der Waals surface area contributed by atoms with E-state index in [1.54, 1.807) is 12.1 Å². The molecule has 2 nitrogen and oxygen atoms in total. The highest BCUT2D eigenvalue weighted by molar-refractivity contribution is 6.68. The fourth-order valence-corrected chi connectivity index (χ4v) is 2.28. The van der Waals surface area contributed by atoms with Crippen LogP contribution in [0.1, 0.15) is 68.4 Å². The average molecular weight is 269 g/mol. The summed E-state index contributed by atoms with van der Waals surface area (Å²) in [4.78, 5) is 11.7. The summed E-state index contributed by atoms with van der Waals surface area (Å²) < 4.78 is 0. The molecule has 1 rings (SSSR count). The van der Waals surface area contributed by atoms with Gasteiger partial charge >= 0.3 is 0 Å². The van der Waals surface area contributed by atoms with E-state index in [1.165, 1.54) is 0 Å². The smallest absolute Gasteiger partial charge is 0.252 e. The molecule has 0 spiro atoms. The molecule has 1 aromatic rings. The summed E-state index contributed by atoms with van der Waals surface area (Å²) in [6.07, 6.45) is 0.893. The first-order valence-corrected chi connectivity index (χ1v) is 6.63. The molecule has 0 aliphatic heterocycles. The largest absolute Gasteiger partial charge is 0.508 e. The second-order valence-corrected chi connectivity index (χ2v) is 6.13. The van der Waals surface area contributed by atoms with Gasteiger partial charge in [-0.25, -0.2) is 0 Å². The monoisotopic (exact) mass is 268 g/mol. The van der Waals surface area contributed by atoms with Crippen LogP contribution in [0.2, 0.25) is 0 Å². The van der Waals surface area contributed by atoms with E-state index in [9.17, 15) is 9.90 Å². The first kappa shape index (κ1) is 15.0. The molecule has 0 radical (unpaired) electrons. The molecule has 1 aromatic carbocycles. The lowest BCUT2D eigenvalue weighted by Gasteiger charge is -2.25. The van der Waals surface area contributed by atoms with Crippen molar-refractivity contribution < 1.29 is 9.90 Å². The van der Waals surface area contributed by atoms with E-state index in [0.29, 0.717) is 5.56 Å². The van der Waals surface area contributed by atoms with Crippen LogP contribution in [0.25, 0.3) is 0 Å². The third kappa shape index (κ3) is 3.05. The fraction of sp³-hybridized carbons (Fsp3) is 0.533. The maximum Gasteiger partial charge on any atom is 0.252 e. The quantitative estimate of drug-likeness (QED) is 0.815. The molecule has 0 amide bonds. The van der Waals surface area contributed by atoms with Crippen LogP contribution in [-0.4, -0.2) is 10.3 Å². The minimum atomic E-state index is -0.449. The molecule has 0 heterocycles. The summed E-state index contributed by atoms with van der Waals surface area (Å²) in [5.41, 5.74) is 1.96. The van der Waals surface area contributed by atoms with E-state index in [1.807, 2.05) is 34.6 Å². The Morgan fingerprint density at radius 2 is 1.94 bits per heavy atom. The number of carbonyl (C=O) groups is 1. The lowest BCUT2D eigenvalue weighted by Crippen LogP contribution is -2.18. The van der Waals surface area contributed by atoms with Gasteiger partial charge in [-0.15, -0.1) is 0 Å². The number of hydrogen-bond donors (Lipinski definition) is 1. The molecule has 0 fully saturated rings. The molecule has 1 unspecified atom stereocenters. The molecule has 0 aliphatic carbocycles. The maximum absolute atomic E-state index is 11.7. The summed E-state index contributed by atoms with van der Waals surface area (Å²) in [7, 11) is 0. The SMILES string of the molecule is CCC(C)c1cc(O)cc(C(C)(C)C)c1C(=O)Cl. The number of hydrogen-bond acceptors (Lipinski definition) is 2. The molecule has 18 heavy (non-hydrogen) atoms. The molecule has 0 aromatic heterocycles. The number of aromatic hydroxyl groups is 1. The molecular formula is C15H21ClO2. The van der Waals surface area contributed by atoms with Crippen LogP contribution in [0.4, 0.5) is 0 Å². The predicted molar refractivity (Wildman–Crippen MR) is 75.7 cm³/mol. The Labute approximate surface area is 114 Å². The minimum absolute atomic E-state index is 0.191. The molecule has 100 valence electrons. The van der Waals surface area contributed by atoms with Crippen molar-refractivity contribution in [3.05, 3.63) is 28.8 Å². The molecule has 0 aliphatic rings. The first-order chi connectivity index (χ1) is 8.18. The summed E-state index contributed by atoms with van der Waals surface area (Å²) in [6.45, 7) is 10.1. The van der Waals surface area contributed by atoms with Gasteiger partial charge in [0.1, 0.15) is 5.75 Å². The summed E-state index contributed by atoms with van der Waals surface area (Å²) in [5, 5.41) is 9.40. The van der Waals surface area contributed by atoms with Crippen LogP contribution < -0.4 is 0 Å². The maximum atomic E-state index is 11.7. The standard InChI is InChI=1S/C15H21ClO2/c1-6-9(2)11-7-10(17)8-12(15(3,4)5)13(11)14(16)18/h7-9,17H,6H2,1-5H3. The third-order valence-corrected chi connectivity index (χ3v) is 3.49. The highest BCUT2D eigenvalue weighted by Gasteiger charge is 2.26. The van der Waals surface area contributed by atoms with Gasteiger partial charge in [0.15, 0.2) is 0 Å². The lowest BCUT2D eigenvalue weighted by atomic mass is 9.80. The molecule has 3 heteroatoms. The Kier molecular flexibility index (Phi) is 4.44. The van der Waals surface area contributed by atoms with E-state index < -0.39 is 5.24 Å². The normalized spacial score (nSPS) is 13.4. The highest BCUT2D eigenvalue weighted by Crippen LogP contribution is 2.36.